The highest BCUT2D eigenvalue weighted by molar-refractivity contribution is 6.69. The number of nitrogens with zero attached hydrogens (tertiary/aromatic N) is 2. The van der Waals surface area contributed by atoms with E-state index in [0.717, 1.165) is 13.2 Å². The molecule has 0 aromatic heterocycles. The van der Waals surface area contributed by atoms with Gasteiger partial charge in [-0.25, -0.2) is 4.79 Å². The smallest absolute Gasteiger partial charge is 0.344 e. The molecule has 1 N–H and O–H groups in total. The first-order chi connectivity index (χ1) is 8.01. The molecule has 0 saturated heterocycles. The van der Waals surface area contributed by atoms with E-state index >= 15 is 0 Å². The molecule has 0 atom stereocenters. The first-order valence-electron chi connectivity index (χ1n) is 4.26. The number of halogens is 1. The van der Waals surface area contributed by atoms with Crippen LogP contribution in [0.5, 0.6) is 0 Å². The lowest BCUT2D eigenvalue weighted by atomic mass is 10.1. The van der Waals surface area contributed by atoms with Gasteiger partial charge >= 0.3 is 5.97 Å². The molecule has 90 valence electrons. The molecule has 0 bridgehead atoms. The Morgan fingerprint density at radius 3 is 2.71 bits per heavy atom. The van der Waals surface area contributed by atoms with Crippen molar-refractivity contribution in [2.24, 2.45) is 5.16 Å². The van der Waals surface area contributed by atoms with Crippen LogP contribution in [0.4, 0.5) is 5.69 Å². The zero-order valence-corrected chi connectivity index (χ0v) is 9.34. The number of benzene rings is 1. The number of hydrogen-bond donors (Lipinski definition) is 1. The van der Waals surface area contributed by atoms with Crippen molar-refractivity contribution in [2.45, 2.75) is 0 Å². The third-order valence-corrected chi connectivity index (χ3v) is 2.22. The van der Waals surface area contributed by atoms with Crippen molar-refractivity contribution in [1.29, 1.82) is 0 Å². The number of carbonyl (C=O) groups is 1. The second-order valence-corrected chi connectivity index (χ2v) is 3.23. The fourth-order valence-corrected chi connectivity index (χ4v) is 1.27. The predicted molar refractivity (Wildman–Crippen MR) is 58.6 cm³/mol. The van der Waals surface area contributed by atoms with Crippen LogP contribution >= 0.6 is 11.6 Å². The average Bonchev–Trinajstić information content (AvgIpc) is 2.35. The molecule has 8 heteroatoms. The van der Waals surface area contributed by atoms with Gasteiger partial charge in [-0.05, 0) is 6.07 Å². The van der Waals surface area contributed by atoms with Crippen LogP contribution < -0.4 is 0 Å². The topological polar surface area (TPSA) is 102 Å². The number of rotatable bonds is 3. The highest BCUT2D eigenvalue weighted by Gasteiger charge is 2.22. The number of nitro groups is 1. The van der Waals surface area contributed by atoms with Crippen LogP contribution in [-0.2, 0) is 4.74 Å². The molecule has 1 aromatic rings. The zero-order chi connectivity index (χ0) is 13.0. The molecule has 0 amide bonds. The molecule has 0 heterocycles. The monoisotopic (exact) mass is 258 g/mol. The van der Waals surface area contributed by atoms with Gasteiger partial charge in [0, 0.05) is 11.6 Å². The summed E-state index contributed by atoms with van der Waals surface area (Å²) in [5, 5.41) is 21.6. The van der Waals surface area contributed by atoms with Gasteiger partial charge in [0.2, 0.25) is 0 Å². The standard InChI is InChI=1S/C9H7ClN2O5/c1-17-9(13)6-3-2-5(8(10)11-14)4-7(6)12(15)16/h2-4,14H,1H3. The Balaban J connectivity index is 3.37. The highest BCUT2D eigenvalue weighted by atomic mass is 35.5. The van der Waals surface area contributed by atoms with Crippen molar-refractivity contribution in [1.82, 2.24) is 0 Å². The summed E-state index contributed by atoms with van der Waals surface area (Å²) in [4.78, 5) is 21.3. The minimum atomic E-state index is -0.833. The van der Waals surface area contributed by atoms with E-state index in [1.54, 1.807) is 0 Å². The van der Waals surface area contributed by atoms with Crippen molar-refractivity contribution >= 4 is 28.4 Å². The molecule has 17 heavy (non-hydrogen) atoms. The van der Waals surface area contributed by atoms with Gasteiger partial charge < -0.3 is 9.94 Å². The number of nitro benzene ring substituents is 1. The first-order valence-corrected chi connectivity index (χ1v) is 4.63. The lowest BCUT2D eigenvalue weighted by Gasteiger charge is -2.02. The Bertz CT molecular complexity index is 500. The maximum absolute atomic E-state index is 11.3. The maximum Gasteiger partial charge on any atom is 0.344 e. The van der Waals surface area contributed by atoms with Crippen molar-refractivity contribution < 1.29 is 19.7 Å². The Labute approximate surface area is 100 Å². The van der Waals surface area contributed by atoms with Gasteiger partial charge in [-0.15, -0.1) is 0 Å². The predicted octanol–water partition coefficient (Wildman–Crippen LogP) is 1.76. The van der Waals surface area contributed by atoms with Gasteiger partial charge in [-0.2, -0.15) is 0 Å². The van der Waals surface area contributed by atoms with Gasteiger partial charge in [0.15, 0.2) is 5.17 Å². The molecule has 0 fully saturated rings. The molecule has 0 aliphatic rings. The van der Waals surface area contributed by atoms with Gasteiger partial charge in [-0.3, -0.25) is 10.1 Å². The lowest BCUT2D eigenvalue weighted by molar-refractivity contribution is -0.385. The van der Waals surface area contributed by atoms with Crippen molar-refractivity contribution in [3.8, 4) is 0 Å². The van der Waals surface area contributed by atoms with Crippen LogP contribution in [0.1, 0.15) is 15.9 Å². The molecule has 0 spiro atoms. The number of methoxy groups -OCH3 is 1. The molecule has 0 aliphatic carbocycles. The van der Waals surface area contributed by atoms with Gasteiger partial charge in [-0.1, -0.05) is 22.8 Å². The van der Waals surface area contributed by atoms with Crippen molar-refractivity contribution in [3.63, 3.8) is 0 Å². The number of esters is 1. The van der Waals surface area contributed by atoms with Crippen molar-refractivity contribution in [3.05, 3.63) is 39.4 Å². The number of carbonyl (C=O) groups excluding carboxylic acids is 1. The van der Waals surface area contributed by atoms with E-state index < -0.39 is 16.6 Å². The third-order valence-electron chi connectivity index (χ3n) is 1.93. The molecule has 7 nitrogen and oxygen atoms in total. The fraction of sp³-hybridized carbons (Fsp3) is 0.111. The minimum Gasteiger partial charge on any atom is -0.465 e. The lowest BCUT2D eigenvalue weighted by Crippen LogP contribution is -2.07. The largest absolute Gasteiger partial charge is 0.465 e. The zero-order valence-electron chi connectivity index (χ0n) is 8.58. The second-order valence-electron chi connectivity index (χ2n) is 2.87. The Kier molecular flexibility index (Phi) is 4.00. The molecular weight excluding hydrogens is 252 g/mol. The van der Waals surface area contributed by atoms with E-state index in [9.17, 15) is 14.9 Å². The van der Waals surface area contributed by atoms with E-state index in [1.807, 2.05) is 0 Å². The summed E-state index contributed by atoms with van der Waals surface area (Å²) >= 11 is 5.49. The van der Waals surface area contributed by atoms with E-state index in [2.05, 4.69) is 9.89 Å². The molecule has 0 radical (unpaired) electrons. The minimum absolute atomic E-state index is 0.119. The Hall–Kier alpha value is -2.15. The van der Waals surface area contributed by atoms with Gasteiger partial charge in [0.1, 0.15) is 5.56 Å². The number of hydrogen-bond acceptors (Lipinski definition) is 6. The summed E-state index contributed by atoms with van der Waals surface area (Å²) in [6.07, 6.45) is 0. The van der Waals surface area contributed by atoms with E-state index in [0.29, 0.717) is 0 Å². The van der Waals surface area contributed by atoms with Crippen LogP contribution in [0.15, 0.2) is 23.4 Å². The SMILES string of the molecule is COC(=O)c1ccc(C(Cl)=NO)cc1[N+](=O)[O-]. The summed E-state index contributed by atoms with van der Waals surface area (Å²) in [6.45, 7) is 0. The Morgan fingerprint density at radius 1 is 1.59 bits per heavy atom. The number of oxime groups is 1. The molecule has 0 saturated carbocycles. The van der Waals surface area contributed by atoms with Crippen LogP contribution in [0, 0.1) is 10.1 Å². The summed E-state index contributed by atoms with van der Waals surface area (Å²) in [6, 6.07) is 3.50. The highest BCUT2D eigenvalue weighted by Crippen LogP contribution is 2.22. The summed E-state index contributed by atoms with van der Waals surface area (Å²) in [7, 11) is 1.11. The van der Waals surface area contributed by atoms with Gasteiger partial charge in [0.25, 0.3) is 5.69 Å². The summed E-state index contributed by atoms with van der Waals surface area (Å²) in [5.74, 6) is -0.833. The van der Waals surface area contributed by atoms with Crippen LogP contribution in [0.2, 0.25) is 0 Å². The first kappa shape index (κ1) is 12.9. The van der Waals surface area contributed by atoms with E-state index in [1.165, 1.54) is 12.1 Å². The maximum atomic E-state index is 11.3. The molecule has 0 unspecified atom stereocenters. The molecular formula is C9H7ClN2O5. The molecule has 0 aliphatic heterocycles. The third kappa shape index (κ3) is 2.70. The van der Waals surface area contributed by atoms with Crippen molar-refractivity contribution in [2.75, 3.05) is 7.11 Å². The fourth-order valence-electron chi connectivity index (χ4n) is 1.15. The van der Waals surface area contributed by atoms with E-state index in [4.69, 9.17) is 16.8 Å². The Morgan fingerprint density at radius 2 is 2.24 bits per heavy atom. The summed E-state index contributed by atoms with van der Waals surface area (Å²) in [5.41, 5.74) is -0.562. The van der Waals surface area contributed by atoms with Crippen LogP contribution in [-0.4, -0.2) is 28.4 Å². The van der Waals surface area contributed by atoms with Crippen LogP contribution in [0.25, 0.3) is 0 Å². The average molecular weight is 259 g/mol. The second kappa shape index (κ2) is 5.26. The van der Waals surface area contributed by atoms with Crippen LogP contribution in [0.3, 0.4) is 0 Å². The molecule has 1 aromatic carbocycles. The number of ether oxygens (including phenoxy) is 1. The molecule has 1 rings (SSSR count). The quantitative estimate of drug-likeness (QED) is 0.293. The van der Waals surface area contributed by atoms with Gasteiger partial charge in [0.05, 0.1) is 12.0 Å². The normalized spacial score (nSPS) is 11.1. The summed E-state index contributed by atoms with van der Waals surface area (Å²) < 4.78 is 4.40. The van der Waals surface area contributed by atoms with E-state index in [-0.39, 0.29) is 16.3 Å².